The number of nitrogens with zero attached hydrogens (tertiary/aromatic N) is 1. The molecule has 1 unspecified atom stereocenters. The number of carbonyl (C=O) groups excluding carboxylic acids is 2. The van der Waals surface area contributed by atoms with Crippen molar-refractivity contribution in [2.45, 2.75) is 98.0 Å². The molecule has 33 heavy (non-hydrogen) atoms. The standard InChI is InChI=1S/C26H43NO6/c1-7-10-11-12-13-20-14-16-21(17-15-20)18-22(19-28)27(25(30)33-26(4,5)6)23(29)24(31-8-2)32-9-3/h14-17,22,24,28H,7-13,18-19H2,1-6H3. The Morgan fingerprint density at radius 3 is 2.00 bits per heavy atom. The van der Waals surface area contributed by atoms with E-state index < -0.39 is 36.5 Å². The van der Waals surface area contributed by atoms with Gasteiger partial charge < -0.3 is 19.3 Å². The van der Waals surface area contributed by atoms with E-state index in [1.54, 1.807) is 34.6 Å². The van der Waals surface area contributed by atoms with E-state index in [1.807, 2.05) is 12.1 Å². The molecular weight excluding hydrogens is 422 g/mol. The number of hydrogen-bond donors (Lipinski definition) is 1. The maximum atomic E-state index is 13.2. The van der Waals surface area contributed by atoms with Crippen molar-refractivity contribution < 1.29 is 28.9 Å². The molecule has 7 heteroatoms. The lowest BCUT2D eigenvalue weighted by atomic mass is 10.0. The van der Waals surface area contributed by atoms with Gasteiger partial charge in [-0.15, -0.1) is 0 Å². The predicted octanol–water partition coefficient (Wildman–Crippen LogP) is 4.88. The van der Waals surface area contributed by atoms with E-state index in [9.17, 15) is 14.7 Å². The fraction of sp³-hybridized carbons (Fsp3) is 0.692. The molecule has 0 aromatic heterocycles. The van der Waals surface area contributed by atoms with Crippen molar-refractivity contribution in [3.8, 4) is 0 Å². The van der Waals surface area contributed by atoms with E-state index in [1.165, 1.54) is 24.8 Å². The van der Waals surface area contributed by atoms with Gasteiger partial charge in [-0.25, -0.2) is 9.69 Å². The average molecular weight is 466 g/mol. The Bertz CT molecular complexity index is 692. The van der Waals surface area contributed by atoms with Gasteiger partial charge in [0, 0.05) is 13.2 Å². The summed E-state index contributed by atoms with van der Waals surface area (Å²) in [5, 5.41) is 10.1. The van der Waals surface area contributed by atoms with Gasteiger partial charge >= 0.3 is 6.09 Å². The number of rotatable bonds is 14. The van der Waals surface area contributed by atoms with Gasteiger partial charge in [0.1, 0.15) is 5.60 Å². The van der Waals surface area contributed by atoms with Crippen LogP contribution in [-0.4, -0.2) is 59.8 Å². The van der Waals surface area contributed by atoms with Crippen LogP contribution in [0.15, 0.2) is 24.3 Å². The number of benzene rings is 1. The zero-order chi connectivity index (χ0) is 24.9. The van der Waals surface area contributed by atoms with E-state index in [-0.39, 0.29) is 13.2 Å². The molecule has 1 atom stereocenters. The van der Waals surface area contributed by atoms with Crippen molar-refractivity contribution in [2.24, 2.45) is 0 Å². The van der Waals surface area contributed by atoms with Gasteiger partial charge in [-0.2, -0.15) is 0 Å². The SMILES string of the molecule is CCCCCCc1ccc(CC(CO)N(C(=O)OC(C)(C)C)C(=O)C(OCC)OCC)cc1. The number of aliphatic hydroxyl groups is 1. The third-order valence-corrected chi connectivity index (χ3v) is 5.05. The molecule has 0 bridgehead atoms. The maximum absolute atomic E-state index is 13.2. The number of amides is 2. The second-order valence-electron chi connectivity index (χ2n) is 9.10. The van der Waals surface area contributed by atoms with Gasteiger partial charge in [-0.05, 0) is 65.0 Å². The molecule has 0 spiro atoms. The Kier molecular flexibility index (Phi) is 13.3. The molecule has 0 saturated carbocycles. The summed E-state index contributed by atoms with van der Waals surface area (Å²) in [4.78, 5) is 27.2. The zero-order valence-corrected chi connectivity index (χ0v) is 21.3. The number of unbranched alkanes of at least 4 members (excludes halogenated alkanes) is 3. The van der Waals surface area contributed by atoms with Crippen LogP contribution in [0.1, 0.15) is 78.4 Å². The number of hydrogen-bond acceptors (Lipinski definition) is 6. The first-order chi connectivity index (χ1) is 15.7. The summed E-state index contributed by atoms with van der Waals surface area (Å²) in [5.74, 6) is -0.681. The van der Waals surface area contributed by atoms with E-state index in [0.717, 1.165) is 23.3 Å². The van der Waals surface area contributed by atoms with E-state index in [0.29, 0.717) is 6.42 Å². The first-order valence-electron chi connectivity index (χ1n) is 12.1. The summed E-state index contributed by atoms with van der Waals surface area (Å²) < 4.78 is 16.3. The van der Waals surface area contributed by atoms with Crippen LogP contribution in [0.3, 0.4) is 0 Å². The van der Waals surface area contributed by atoms with Crippen molar-refractivity contribution >= 4 is 12.0 Å². The predicted molar refractivity (Wildman–Crippen MR) is 129 cm³/mol. The molecular formula is C26H43NO6. The largest absolute Gasteiger partial charge is 0.443 e. The molecule has 0 radical (unpaired) electrons. The summed E-state index contributed by atoms with van der Waals surface area (Å²) in [7, 11) is 0. The molecule has 1 N–H and O–H groups in total. The molecule has 0 aliphatic rings. The Morgan fingerprint density at radius 2 is 1.52 bits per heavy atom. The summed E-state index contributed by atoms with van der Waals surface area (Å²) >= 11 is 0. The third-order valence-electron chi connectivity index (χ3n) is 5.05. The van der Waals surface area contributed by atoms with Crippen molar-refractivity contribution in [1.29, 1.82) is 0 Å². The van der Waals surface area contributed by atoms with Gasteiger partial charge in [0.2, 0.25) is 6.29 Å². The topological polar surface area (TPSA) is 85.3 Å². The lowest BCUT2D eigenvalue weighted by Crippen LogP contribution is -2.54. The second kappa shape index (κ2) is 15.0. The molecule has 2 amide bonds. The minimum Gasteiger partial charge on any atom is -0.443 e. The van der Waals surface area contributed by atoms with Crippen LogP contribution < -0.4 is 0 Å². The van der Waals surface area contributed by atoms with Crippen LogP contribution in [0.2, 0.25) is 0 Å². The number of ether oxygens (including phenoxy) is 3. The lowest BCUT2D eigenvalue weighted by molar-refractivity contribution is -0.181. The highest BCUT2D eigenvalue weighted by Crippen LogP contribution is 2.18. The molecule has 188 valence electrons. The lowest BCUT2D eigenvalue weighted by Gasteiger charge is -2.33. The Hall–Kier alpha value is -1.96. The van der Waals surface area contributed by atoms with E-state index >= 15 is 0 Å². The number of carbonyl (C=O) groups is 2. The van der Waals surface area contributed by atoms with Crippen molar-refractivity contribution in [2.75, 3.05) is 19.8 Å². The highest BCUT2D eigenvalue weighted by molar-refractivity contribution is 5.94. The van der Waals surface area contributed by atoms with Crippen LogP contribution in [0.5, 0.6) is 0 Å². The summed E-state index contributed by atoms with van der Waals surface area (Å²) in [6.07, 6.45) is 4.08. The van der Waals surface area contributed by atoms with Gasteiger partial charge in [0.05, 0.1) is 12.6 Å². The van der Waals surface area contributed by atoms with Crippen molar-refractivity contribution in [3.05, 3.63) is 35.4 Å². The Labute approximate surface area is 199 Å². The number of aliphatic hydroxyl groups excluding tert-OH is 1. The van der Waals surface area contributed by atoms with Gasteiger partial charge in [-0.3, -0.25) is 4.79 Å². The fourth-order valence-electron chi connectivity index (χ4n) is 3.44. The summed E-state index contributed by atoms with van der Waals surface area (Å²) in [6, 6.07) is 7.29. The summed E-state index contributed by atoms with van der Waals surface area (Å²) in [6.45, 7) is 10.9. The Balaban J connectivity index is 3.05. The number of aryl methyl sites for hydroxylation is 1. The van der Waals surface area contributed by atoms with Crippen LogP contribution in [-0.2, 0) is 31.8 Å². The molecule has 0 aliphatic carbocycles. The third kappa shape index (κ3) is 10.7. The molecule has 0 aliphatic heterocycles. The molecule has 0 fully saturated rings. The van der Waals surface area contributed by atoms with Gasteiger partial charge in [-0.1, -0.05) is 50.5 Å². The first-order valence-corrected chi connectivity index (χ1v) is 12.1. The molecule has 1 aromatic rings. The maximum Gasteiger partial charge on any atom is 0.417 e. The average Bonchev–Trinajstić information content (AvgIpc) is 2.75. The highest BCUT2D eigenvalue weighted by Gasteiger charge is 2.38. The second-order valence-corrected chi connectivity index (χ2v) is 9.10. The van der Waals surface area contributed by atoms with E-state index in [2.05, 4.69) is 19.1 Å². The van der Waals surface area contributed by atoms with Crippen LogP contribution in [0.4, 0.5) is 4.79 Å². The molecule has 1 rings (SSSR count). The zero-order valence-electron chi connectivity index (χ0n) is 21.3. The molecule has 0 saturated heterocycles. The number of imide groups is 1. The normalized spacial score (nSPS) is 12.6. The van der Waals surface area contributed by atoms with Crippen LogP contribution in [0, 0.1) is 0 Å². The summed E-state index contributed by atoms with van der Waals surface area (Å²) in [5.41, 5.74) is 1.36. The monoisotopic (exact) mass is 465 g/mol. The smallest absolute Gasteiger partial charge is 0.417 e. The minimum atomic E-state index is -1.24. The fourth-order valence-corrected chi connectivity index (χ4v) is 3.44. The van der Waals surface area contributed by atoms with Crippen molar-refractivity contribution in [3.63, 3.8) is 0 Å². The molecule has 1 aromatic carbocycles. The molecule has 7 nitrogen and oxygen atoms in total. The van der Waals surface area contributed by atoms with Crippen LogP contribution >= 0.6 is 0 Å². The minimum absolute atomic E-state index is 0.238. The van der Waals surface area contributed by atoms with Gasteiger partial charge in [0.25, 0.3) is 5.91 Å². The van der Waals surface area contributed by atoms with Crippen LogP contribution in [0.25, 0.3) is 0 Å². The van der Waals surface area contributed by atoms with Gasteiger partial charge in [0.15, 0.2) is 0 Å². The quantitative estimate of drug-likeness (QED) is 0.311. The molecule has 0 heterocycles. The first kappa shape index (κ1) is 29.1. The van der Waals surface area contributed by atoms with E-state index in [4.69, 9.17) is 14.2 Å². The Morgan fingerprint density at radius 1 is 0.939 bits per heavy atom. The van der Waals surface area contributed by atoms with Crippen molar-refractivity contribution in [1.82, 2.24) is 4.90 Å². The highest BCUT2D eigenvalue weighted by atomic mass is 16.7.